The number of pyridine rings is 1. The summed E-state index contributed by atoms with van der Waals surface area (Å²) in [5, 5.41) is 6.27. The van der Waals surface area contributed by atoms with E-state index in [4.69, 9.17) is 18.0 Å². The van der Waals surface area contributed by atoms with Gasteiger partial charge in [0.25, 0.3) is 0 Å². The molecule has 0 bridgehead atoms. The van der Waals surface area contributed by atoms with Crippen molar-refractivity contribution in [2.75, 3.05) is 13.1 Å². The fourth-order valence-electron chi connectivity index (χ4n) is 1.46. The van der Waals surface area contributed by atoms with Gasteiger partial charge in [0, 0.05) is 31.4 Å². The van der Waals surface area contributed by atoms with Crippen LogP contribution in [0.3, 0.4) is 0 Å². The van der Waals surface area contributed by atoms with Crippen molar-refractivity contribution in [2.45, 2.75) is 26.2 Å². The van der Waals surface area contributed by atoms with Crippen LogP contribution in [0.15, 0.2) is 29.4 Å². The summed E-state index contributed by atoms with van der Waals surface area (Å²) in [7, 11) is 0. The Balaban J connectivity index is 2.39. The molecule has 0 radical (unpaired) electrons. The number of hydrogen-bond donors (Lipinski definition) is 3. The molecular weight excluding hydrogens is 258 g/mol. The number of rotatable bonds is 6. The van der Waals surface area contributed by atoms with Crippen LogP contribution >= 0.6 is 12.2 Å². The normalized spacial score (nSPS) is 11.1. The first kappa shape index (κ1) is 15.4. The molecule has 6 heteroatoms. The lowest BCUT2D eigenvalue weighted by Crippen LogP contribution is -2.44. The van der Waals surface area contributed by atoms with Crippen LogP contribution in [-0.4, -0.2) is 29.1 Å². The molecular formula is C13H21N5S. The highest BCUT2D eigenvalue weighted by Gasteiger charge is 1.99. The number of nitrogens with one attached hydrogen (secondary N) is 2. The maximum Gasteiger partial charge on any atom is 0.197 e. The van der Waals surface area contributed by atoms with E-state index in [2.05, 4.69) is 27.5 Å². The van der Waals surface area contributed by atoms with Crippen molar-refractivity contribution in [3.63, 3.8) is 0 Å². The molecule has 0 amide bonds. The van der Waals surface area contributed by atoms with Crippen molar-refractivity contribution < 1.29 is 0 Å². The second kappa shape index (κ2) is 9.27. The van der Waals surface area contributed by atoms with E-state index in [1.807, 2.05) is 18.2 Å². The number of nitrogens with zero attached hydrogens (tertiary/aromatic N) is 2. The number of aliphatic imine (C=N–C) groups is 1. The van der Waals surface area contributed by atoms with Gasteiger partial charge in [0.1, 0.15) is 0 Å². The molecule has 1 aromatic rings. The molecule has 1 aromatic heterocycles. The summed E-state index contributed by atoms with van der Waals surface area (Å²) in [4.78, 5) is 8.65. The average Bonchev–Trinajstić information content (AvgIpc) is 2.39. The number of hydrogen-bond acceptors (Lipinski definition) is 3. The van der Waals surface area contributed by atoms with Crippen molar-refractivity contribution in [1.82, 2.24) is 15.6 Å². The van der Waals surface area contributed by atoms with Crippen LogP contribution < -0.4 is 16.4 Å². The third-order valence-electron chi connectivity index (χ3n) is 2.42. The second-order valence-corrected chi connectivity index (χ2v) is 4.51. The fourth-order valence-corrected chi connectivity index (χ4v) is 1.56. The van der Waals surface area contributed by atoms with Crippen LogP contribution in [0.2, 0.25) is 0 Å². The quantitative estimate of drug-likeness (QED) is 0.316. The summed E-state index contributed by atoms with van der Waals surface area (Å²) < 4.78 is 0. The Morgan fingerprint density at radius 3 is 2.95 bits per heavy atom. The van der Waals surface area contributed by atoms with E-state index in [0.29, 0.717) is 5.96 Å². The fraction of sp³-hybridized carbons (Fsp3) is 0.462. The lowest BCUT2D eigenvalue weighted by Gasteiger charge is -2.11. The molecule has 0 atom stereocenters. The summed E-state index contributed by atoms with van der Waals surface area (Å²) >= 11 is 4.83. The van der Waals surface area contributed by atoms with Gasteiger partial charge in [0.2, 0.25) is 0 Å². The standard InChI is InChI=1S/C13H21N5S/c1-2-3-8-16-13(18-12(14)19)17-10-7-11-6-4-5-9-15-11/h4-6,9H,2-3,7-8,10H2,1H3,(H4,14,16,17,18,19). The molecule has 0 saturated carbocycles. The highest BCUT2D eigenvalue weighted by molar-refractivity contribution is 7.80. The maximum atomic E-state index is 5.47. The Hall–Kier alpha value is -1.69. The van der Waals surface area contributed by atoms with Crippen LogP contribution in [0.1, 0.15) is 25.5 Å². The van der Waals surface area contributed by atoms with Gasteiger partial charge in [-0.3, -0.25) is 9.98 Å². The van der Waals surface area contributed by atoms with Crippen molar-refractivity contribution >= 4 is 23.3 Å². The Bertz CT molecular complexity index is 405. The SMILES string of the molecule is CCCCN=C(NCCc1ccccn1)NC(N)=S. The van der Waals surface area contributed by atoms with E-state index < -0.39 is 0 Å². The van der Waals surface area contributed by atoms with E-state index >= 15 is 0 Å². The lowest BCUT2D eigenvalue weighted by atomic mass is 10.3. The Morgan fingerprint density at radius 2 is 2.32 bits per heavy atom. The Morgan fingerprint density at radius 1 is 1.47 bits per heavy atom. The first-order valence-corrected chi connectivity index (χ1v) is 6.88. The van der Waals surface area contributed by atoms with E-state index in [1.165, 1.54) is 0 Å². The minimum absolute atomic E-state index is 0.223. The number of nitrogens with two attached hydrogens (primary N) is 1. The van der Waals surface area contributed by atoms with Crippen molar-refractivity contribution in [3.8, 4) is 0 Å². The first-order valence-electron chi connectivity index (χ1n) is 6.47. The van der Waals surface area contributed by atoms with Crippen molar-refractivity contribution in [1.29, 1.82) is 0 Å². The second-order valence-electron chi connectivity index (χ2n) is 4.07. The van der Waals surface area contributed by atoms with Gasteiger partial charge in [-0.05, 0) is 30.8 Å². The van der Waals surface area contributed by atoms with Gasteiger partial charge >= 0.3 is 0 Å². The molecule has 0 aliphatic heterocycles. The Kier molecular flexibility index (Phi) is 7.50. The first-order chi connectivity index (χ1) is 9.22. The molecule has 0 aliphatic carbocycles. The highest BCUT2D eigenvalue weighted by atomic mass is 32.1. The molecule has 0 unspecified atom stereocenters. The summed E-state index contributed by atoms with van der Waals surface area (Å²) in [5.74, 6) is 0.636. The van der Waals surface area contributed by atoms with E-state index in [0.717, 1.165) is 38.0 Å². The minimum Gasteiger partial charge on any atom is -0.376 e. The minimum atomic E-state index is 0.223. The highest BCUT2D eigenvalue weighted by Crippen LogP contribution is 1.93. The van der Waals surface area contributed by atoms with Gasteiger partial charge < -0.3 is 16.4 Å². The van der Waals surface area contributed by atoms with Crippen LogP contribution in [-0.2, 0) is 6.42 Å². The van der Waals surface area contributed by atoms with Gasteiger partial charge in [0.05, 0.1) is 0 Å². The van der Waals surface area contributed by atoms with Gasteiger partial charge in [0.15, 0.2) is 11.1 Å². The number of aromatic nitrogens is 1. The van der Waals surface area contributed by atoms with E-state index in [9.17, 15) is 0 Å². The summed E-state index contributed by atoms with van der Waals surface area (Å²) in [5.41, 5.74) is 6.51. The monoisotopic (exact) mass is 279 g/mol. The number of guanidine groups is 1. The average molecular weight is 279 g/mol. The van der Waals surface area contributed by atoms with Crippen LogP contribution in [0, 0.1) is 0 Å². The largest absolute Gasteiger partial charge is 0.376 e. The van der Waals surface area contributed by atoms with Crippen molar-refractivity contribution in [3.05, 3.63) is 30.1 Å². The molecule has 0 spiro atoms. The third-order valence-corrected chi connectivity index (χ3v) is 2.52. The molecule has 0 saturated heterocycles. The third kappa shape index (κ3) is 7.35. The zero-order chi connectivity index (χ0) is 13.9. The Labute approximate surface area is 119 Å². The molecule has 4 N–H and O–H groups in total. The van der Waals surface area contributed by atoms with Gasteiger partial charge in [-0.15, -0.1) is 0 Å². The van der Waals surface area contributed by atoms with Gasteiger partial charge in [-0.1, -0.05) is 19.4 Å². The molecule has 104 valence electrons. The van der Waals surface area contributed by atoms with Gasteiger partial charge in [-0.2, -0.15) is 0 Å². The molecule has 0 fully saturated rings. The molecule has 1 rings (SSSR count). The predicted octanol–water partition coefficient (Wildman–Crippen LogP) is 1.20. The zero-order valence-corrected chi connectivity index (χ0v) is 12.0. The molecule has 1 heterocycles. The summed E-state index contributed by atoms with van der Waals surface area (Å²) in [6.07, 6.45) is 4.77. The number of thiocarbonyl (C=S) groups is 1. The molecule has 0 aromatic carbocycles. The lowest BCUT2D eigenvalue weighted by molar-refractivity contribution is 0.781. The topological polar surface area (TPSA) is 75.3 Å². The molecule has 5 nitrogen and oxygen atoms in total. The van der Waals surface area contributed by atoms with E-state index in [-0.39, 0.29) is 5.11 Å². The summed E-state index contributed by atoms with van der Waals surface area (Å²) in [6.45, 7) is 3.63. The summed E-state index contributed by atoms with van der Waals surface area (Å²) in [6, 6.07) is 5.88. The number of unbranched alkanes of at least 4 members (excludes halogenated alkanes) is 1. The molecule has 0 aliphatic rings. The van der Waals surface area contributed by atoms with E-state index in [1.54, 1.807) is 6.20 Å². The predicted molar refractivity (Wildman–Crippen MR) is 83.1 cm³/mol. The van der Waals surface area contributed by atoms with Crippen LogP contribution in [0.4, 0.5) is 0 Å². The van der Waals surface area contributed by atoms with Crippen LogP contribution in [0.25, 0.3) is 0 Å². The zero-order valence-electron chi connectivity index (χ0n) is 11.2. The van der Waals surface area contributed by atoms with Crippen molar-refractivity contribution in [2.24, 2.45) is 10.7 Å². The molecule has 19 heavy (non-hydrogen) atoms. The van der Waals surface area contributed by atoms with Crippen LogP contribution in [0.5, 0.6) is 0 Å². The smallest absolute Gasteiger partial charge is 0.197 e. The maximum absolute atomic E-state index is 5.47. The van der Waals surface area contributed by atoms with Gasteiger partial charge in [-0.25, -0.2) is 0 Å².